The second-order valence-electron chi connectivity index (χ2n) is 3.97. The zero-order valence-electron chi connectivity index (χ0n) is 9.12. The van der Waals surface area contributed by atoms with Crippen LogP contribution in [-0.4, -0.2) is 23.0 Å². The summed E-state index contributed by atoms with van der Waals surface area (Å²) in [6.45, 7) is 3.65. The van der Waals surface area contributed by atoms with Gasteiger partial charge in [0.15, 0.2) is 0 Å². The Morgan fingerprint density at radius 3 is 2.53 bits per heavy atom. The third kappa shape index (κ3) is 3.73. The van der Waals surface area contributed by atoms with Crippen molar-refractivity contribution in [3.63, 3.8) is 0 Å². The molecule has 0 heterocycles. The lowest BCUT2D eigenvalue weighted by Gasteiger charge is -2.10. The van der Waals surface area contributed by atoms with Crippen LogP contribution in [-0.2, 0) is 9.59 Å². The van der Waals surface area contributed by atoms with E-state index in [9.17, 15) is 9.59 Å². The highest BCUT2D eigenvalue weighted by Crippen LogP contribution is 2.35. The molecule has 1 amide bonds. The highest BCUT2D eigenvalue weighted by Gasteiger charge is 2.24. The Bertz CT molecular complexity index is 292. The molecule has 1 fully saturated rings. The number of amides is 1. The van der Waals surface area contributed by atoms with Gasteiger partial charge in [-0.25, -0.2) is 4.79 Å². The number of hydrogen-bond acceptors (Lipinski definition) is 2. The summed E-state index contributed by atoms with van der Waals surface area (Å²) in [6.07, 6.45) is 4.21. The Morgan fingerprint density at radius 2 is 2.13 bits per heavy atom. The third-order valence-corrected chi connectivity index (χ3v) is 2.60. The van der Waals surface area contributed by atoms with Gasteiger partial charge in [-0.15, -0.1) is 0 Å². The smallest absolute Gasteiger partial charge is 0.326 e. The summed E-state index contributed by atoms with van der Waals surface area (Å²) in [5.74, 6) is -0.738. The number of carboxylic acid groups (broad SMARTS) is 1. The van der Waals surface area contributed by atoms with Crippen molar-refractivity contribution >= 4 is 11.9 Å². The molecule has 4 nitrogen and oxygen atoms in total. The van der Waals surface area contributed by atoms with E-state index in [1.54, 1.807) is 6.92 Å². The highest BCUT2D eigenvalue weighted by atomic mass is 16.4. The number of carbonyl (C=O) groups excluding carboxylic acids is 1. The number of rotatable bonds is 5. The van der Waals surface area contributed by atoms with Gasteiger partial charge in [0.2, 0.25) is 5.91 Å². The van der Waals surface area contributed by atoms with Crippen LogP contribution in [0, 0.1) is 5.92 Å². The molecule has 0 aliphatic heterocycles. The largest absolute Gasteiger partial charge is 0.480 e. The van der Waals surface area contributed by atoms with E-state index in [4.69, 9.17) is 5.11 Å². The van der Waals surface area contributed by atoms with Crippen LogP contribution in [0.25, 0.3) is 0 Å². The van der Waals surface area contributed by atoms with Gasteiger partial charge in [-0.05, 0) is 32.1 Å². The molecule has 1 aliphatic carbocycles. The summed E-state index contributed by atoms with van der Waals surface area (Å²) in [6, 6.07) is -0.777. The van der Waals surface area contributed by atoms with Crippen LogP contribution in [0.5, 0.6) is 0 Å². The second kappa shape index (κ2) is 4.96. The lowest BCUT2D eigenvalue weighted by molar-refractivity contribution is -0.141. The topological polar surface area (TPSA) is 66.4 Å². The summed E-state index contributed by atoms with van der Waals surface area (Å²) in [4.78, 5) is 22.1. The zero-order valence-corrected chi connectivity index (χ0v) is 9.12. The molecule has 2 N–H and O–H groups in total. The van der Waals surface area contributed by atoms with E-state index in [0.717, 1.165) is 18.4 Å². The fourth-order valence-corrected chi connectivity index (χ4v) is 1.42. The zero-order chi connectivity index (χ0) is 11.4. The fraction of sp³-hybridized carbons (Fsp3) is 0.636. The molecule has 1 aliphatic rings. The van der Waals surface area contributed by atoms with Crippen LogP contribution in [0.3, 0.4) is 0 Å². The standard InChI is InChI=1S/C11H17NO3/c1-3-9(11(14)15)12-10(13)6-7(2)8-4-5-8/h6,8-9H,3-5H2,1-2H3,(H,12,13)(H,14,15)/b7-6+. The minimum absolute atomic E-state index is 0.298. The predicted octanol–water partition coefficient (Wildman–Crippen LogP) is 1.32. The predicted molar refractivity (Wildman–Crippen MR) is 56.3 cm³/mol. The van der Waals surface area contributed by atoms with Gasteiger partial charge < -0.3 is 10.4 Å². The van der Waals surface area contributed by atoms with Crippen LogP contribution in [0.15, 0.2) is 11.6 Å². The van der Waals surface area contributed by atoms with Crippen molar-refractivity contribution in [1.29, 1.82) is 0 Å². The third-order valence-electron chi connectivity index (χ3n) is 2.60. The molecule has 0 aromatic carbocycles. The summed E-state index contributed by atoms with van der Waals surface area (Å²) in [5.41, 5.74) is 1.05. The Hall–Kier alpha value is -1.32. The maximum atomic E-state index is 11.4. The maximum absolute atomic E-state index is 11.4. The quantitative estimate of drug-likeness (QED) is 0.674. The molecule has 0 aromatic heterocycles. The van der Waals surface area contributed by atoms with Crippen LogP contribution in [0.4, 0.5) is 0 Å². The summed E-state index contributed by atoms with van der Waals surface area (Å²) >= 11 is 0. The monoisotopic (exact) mass is 211 g/mol. The van der Waals surface area contributed by atoms with Gasteiger partial charge in [-0.2, -0.15) is 0 Å². The Kier molecular flexibility index (Phi) is 3.88. The van der Waals surface area contributed by atoms with E-state index in [2.05, 4.69) is 5.32 Å². The van der Waals surface area contributed by atoms with Crippen LogP contribution in [0.2, 0.25) is 0 Å². The molecule has 15 heavy (non-hydrogen) atoms. The average Bonchev–Trinajstić information content (AvgIpc) is 2.96. The number of carbonyl (C=O) groups is 2. The Labute approximate surface area is 89.4 Å². The van der Waals surface area contributed by atoms with Gasteiger partial charge in [0.1, 0.15) is 6.04 Å². The van der Waals surface area contributed by atoms with E-state index in [0.29, 0.717) is 12.3 Å². The Balaban J connectivity index is 2.46. The highest BCUT2D eigenvalue weighted by molar-refractivity contribution is 5.91. The average molecular weight is 211 g/mol. The number of aliphatic carboxylic acids is 1. The molecule has 0 radical (unpaired) electrons. The first-order valence-electron chi connectivity index (χ1n) is 5.26. The van der Waals surface area contributed by atoms with Crippen LogP contribution in [0.1, 0.15) is 33.1 Å². The van der Waals surface area contributed by atoms with Crippen molar-refractivity contribution in [2.24, 2.45) is 5.92 Å². The van der Waals surface area contributed by atoms with E-state index in [1.165, 1.54) is 6.08 Å². The molecule has 0 spiro atoms. The van der Waals surface area contributed by atoms with Crippen molar-refractivity contribution in [3.8, 4) is 0 Å². The van der Waals surface area contributed by atoms with Gasteiger partial charge in [0.05, 0.1) is 0 Å². The van der Waals surface area contributed by atoms with Crippen molar-refractivity contribution < 1.29 is 14.7 Å². The van der Waals surface area contributed by atoms with Crippen molar-refractivity contribution in [3.05, 3.63) is 11.6 Å². The molecule has 84 valence electrons. The molecule has 0 aromatic rings. The SMILES string of the molecule is CCC(NC(=O)/C=C(\C)C1CC1)C(=O)O. The lowest BCUT2D eigenvalue weighted by Crippen LogP contribution is -2.39. The first-order valence-corrected chi connectivity index (χ1v) is 5.26. The van der Waals surface area contributed by atoms with E-state index < -0.39 is 12.0 Å². The van der Waals surface area contributed by atoms with Gasteiger partial charge in [-0.3, -0.25) is 4.79 Å². The van der Waals surface area contributed by atoms with Crippen LogP contribution >= 0.6 is 0 Å². The minimum Gasteiger partial charge on any atom is -0.480 e. The molecule has 1 saturated carbocycles. The van der Waals surface area contributed by atoms with Crippen LogP contribution < -0.4 is 5.32 Å². The maximum Gasteiger partial charge on any atom is 0.326 e. The normalized spacial score (nSPS) is 18.4. The Morgan fingerprint density at radius 1 is 1.53 bits per heavy atom. The van der Waals surface area contributed by atoms with E-state index in [1.807, 2.05) is 6.92 Å². The van der Waals surface area contributed by atoms with Crippen molar-refractivity contribution in [1.82, 2.24) is 5.32 Å². The minimum atomic E-state index is -0.983. The first kappa shape index (κ1) is 11.8. The molecule has 1 rings (SSSR count). The lowest BCUT2D eigenvalue weighted by atomic mass is 10.1. The number of hydrogen-bond donors (Lipinski definition) is 2. The summed E-state index contributed by atoms with van der Waals surface area (Å²) in [7, 11) is 0. The molecular weight excluding hydrogens is 194 g/mol. The van der Waals surface area contributed by atoms with E-state index >= 15 is 0 Å². The second-order valence-corrected chi connectivity index (χ2v) is 3.97. The molecular formula is C11H17NO3. The molecule has 0 bridgehead atoms. The fourth-order valence-electron chi connectivity index (χ4n) is 1.42. The molecule has 1 atom stereocenters. The number of nitrogens with one attached hydrogen (secondary N) is 1. The van der Waals surface area contributed by atoms with Gasteiger partial charge in [0, 0.05) is 6.08 Å². The van der Waals surface area contributed by atoms with Gasteiger partial charge in [-0.1, -0.05) is 12.5 Å². The summed E-state index contributed by atoms with van der Waals surface area (Å²) in [5, 5.41) is 11.2. The number of carboxylic acids is 1. The van der Waals surface area contributed by atoms with Gasteiger partial charge >= 0.3 is 5.97 Å². The molecule has 4 heteroatoms. The van der Waals surface area contributed by atoms with Crippen molar-refractivity contribution in [2.45, 2.75) is 39.2 Å². The molecule has 0 saturated heterocycles. The number of allylic oxidation sites excluding steroid dienone is 1. The van der Waals surface area contributed by atoms with Crippen molar-refractivity contribution in [2.75, 3.05) is 0 Å². The van der Waals surface area contributed by atoms with Gasteiger partial charge in [0.25, 0.3) is 0 Å². The molecule has 1 unspecified atom stereocenters. The summed E-state index contributed by atoms with van der Waals surface area (Å²) < 4.78 is 0. The first-order chi connectivity index (χ1) is 7.04. The van der Waals surface area contributed by atoms with E-state index in [-0.39, 0.29) is 5.91 Å².